The summed E-state index contributed by atoms with van der Waals surface area (Å²) >= 11 is 5.26. The van der Waals surface area contributed by atoms with Crippen LogP contribution in [0.2, 0.25) is 0 Å². The molecule has 2 amide bonds. The van der Waals surface area contributed by atoms with Gasteiger partial charge >= 0.3 is 0 Å². The van der Waals surface area contributed by atoms with Gasteiger partial charge in [0.05, 0.1) is 25.2 Å². The Labute approximate surface area is 197 Å². The third-order valence-electron chi connectivity index (χ3n) is 4.71. The van der Waals surface area contributed by atoms with Crippen LogP contribution in [0.15, 0.2) is 65.3 Å². The highest BCUT2D eigenvalue weighted by Crippen LogP contribution is 2.28. The van der Waals surface area contributed by atoms with Crippen molar-refractivity contribution < 1.29 is 23.5 Å². The van der Waals surface area contributed by atoms with Gasteiger partial charge in [0.15, 0.2) is 10.9 Å². The second-order valence-corrected chi connectivity index (χ2v) is 7.52. The fourth-order valence-corrected chi connectivity index (χ4v) is 3.01. The molecule has 0 spiro atoms. The Morgan fingerprint density at radius 3 is 2.45 bits per heavy atom. The minimum atomic E-state index is -0.401. The smallest absolute Gasteiger partial charge is 0.291 e. The van der Waals surface area contributed by atoms with E-state index in [1.807, 2.05) is 13.8 Å². The summed E-state index contributed by atoms with van der Waals surface area (Å²) in [5.41, 5.74) is 1.48. The number of amides is 2. The summed E-state index contributed by atoms with van der Waals surface area (Å²) in [6, 6.07) is 15.0. The van der Waals surface area contributed by atoms with Crippen molar-refractivity contribution in [3.63, 3.8) is 0 Å². The van der Waals surface area contributed by atoms with Crippen LogP contribution in [0, 0.1) is 0 Å². The average molecular weight is 468 g/mol. The molecule has 33 heavy (non-hydrogen) atoms. The molecule has 3 rings (SSSR count). The quantitative estimate of drug-likeness (QED) is 0.407. The summed E-state index contributed by atoms with van der Waals surface area (Å²) in [5, 5.41) is 8.41. The monoisotopic (exact) mass is 467 g/mol. The Morgan fingerprint density at radius 2 is 1.82 bits per heavy atom. The van der Waals surface area contributed by atoms with E-state index in [2.05, 4.69) is 16.0 Å². The lowest BCUT2D eigenvalue weighted by Crippen LogP contribution is -2.34. The van der Waals surface area contributed by atoms with Crippen molar-refractivity contribution in [1.29, 1.82) is 0 Å². The molecule has 0 aliphatic carbocycles. The molecule has 3 aromatic rings. The molecule has 0 fully saturated rings. The number of thiocarbonyl (C=S) groups is 1. The molecule has 172 valence electrons. The Bertz CT molecular complexity index is 1110. The zero-order chi connectivity index (χ0) is 23.8. The van der Waals surface area contributed by atoms with Crippen LogP contribution in [0.4, 0.5) is 11.4 Å². The lowest BCUT2D eigenvalue weighted by Gasteiger charge is -2.14. The first-order chi connectivity index (χ1) is 15.9. The van der Waals surface area contributed by atoms with E-state index in [9.17, 15) is 9.59 Å². The van der Waals surface area contributed by atoms with Crippen molar-refractivity contribution in [2.24, 2.45) is 0 Å². The molecule has 1 aromatic heterocycles. The lowest BCUT2D eigenvalue weighted by atomic mass is 10.2. The Balaban J connectivity index is 1.59. The van der Waals surface area contributed by atoms with Crippen LogP contribution in [0.3, 0.4) is 0 Å². The first-order valence-corrected chi connectivity index (χ1v) is 10.7. The molecular formula is C24H25N3O5S. The van der Waals surface area contributed by atoms with E-state index in [-0.39, 0.29) is 22.9 Å². The number of carbonyl (C=O) groups is 2. The molecule has 9 heteroatoms. The second kappa shape index (κ2) is 11.1. The van der Waals surface area contributed by atoms with Crippen molar-refractivity contribution in [3.8, 4) is 11.5 Å². The van der Waals surface area contributed by atoms with Gasteiger partial charge in [-0.2, -0.15) is 0 Å². The van der Waals surface area contributed by atoms with Gasteiger partial charge in [-0.15, -0.1) is 0 Å². The second-order valence-electron chi connectivity index (χ2n) is 7.12. The van der Waals surface area contributed by atoms with E-state index in [0.29, 0.717) is 28.4 Å². The molecule has 2 aromatic carbocycles. The molecule has 8 nitrogen and oxygen atoms in total. The summed E-state index contributed by atoms with van der Waals surface area (Å²) in [6.07, 6.45) is 2.41. The molecule has 0 aliphatic heterocycles. The molecule has 0 saturated heterocycles. The molecule has 0 radical (unpaired) electrons. The van der Waals surface area contributed by atoms with E-state index in [4.69, 9.17) is 26.1 Å². The van der Waals surface area contributed by atoms with Crippen molar-refractivity contribution in [1.82, 2.24) is 5.32 Å². The minimum Gasteiger partial charge on any atom is -0.494 e. The number of rotatable bonds is 8. The fraction of sp³-hybridized carbons (Fsp3) is 0.208. The number of hydrogen-bond acceptors (Lipinski definition) is 6. The number of benzene rings is 2. The van der Waals surface area contributed by atoms with Crippen LogP contribution in [-0.4, -0.2) is 30.1 Å². The van der Waals surface area contributed by atoms with Crippen LogP contribution < -0.4 is 25.4 Å². The van der Waals surface area contributed by atoms with Crippen molar-refractivity contribution in [2.45, 2.75) is 26.4 Å². The van der Waals surface area contributed by atoms with Gasteiger partial charge in [0.25, 0.3) is 11.8 Å². The number of hydrogen-bond donors (Lipinski definition) is 3. The zero-order valence-electron chi connectivity index (χ0n) is 18.5. The number of ether oxygens (including phenoxy) is 2. The summed E-state index contributed by atoms with van der Waals surface area (Å²) in [4.78, 5) is 24.7. The van der Waals surface area contributed by atoms with Crippen molar-refractivity contribution in [2.75, 3.05) is 17.7 Å². The third kappa shape index (κ3) is 6.56. The number of carbonyl (C=O) groups excluding carboxylic acids is 2. The first-order valence-electron chi connectivity index (χ1n) is 10.3. The van der Waals surface area contributed by atoms with Crippen molar-refractivity contribution >= 4 is 40.5 Å². The Kier molecular flexibility index (Phi) is 8.04. The molecular weight excluding hydrogens is 442 g/mol. The van der Waals surface area contributed by atoms with E-state index < -0.39 is 5.91 Å². The van der Waals surface area contributed by atoms with Gasteiger partial charge in [-0.3, -0.25) is 14.9 Å². The average Bonchev–Trinajstić information content (AvgIpc) is 3.35. The highest BCUT2D eigenvalue weighted by Gasteiger charge is 2.14. The van der Waals surface area contributed by atoms with Gasteiger partial charge in [0.2, 0.25) is 0 Å². The molecule has 3 N–H and O–H groups in total. The van der Waals surface area contributed by atoms with Crippen LogP contribution in [0.5, 0.6) is 11.5 Å². The van der Waals surface area contributed by atoms with Gasteiger partial charge in [-0.1, -0.05) is 6.92 Å². The van der Waals surface area contributed by atoms with Crippen molar-refractivity contribution in [3.05, 3.63) is 72.2 Å². The minimum absolute atomic E-state index is 0.100. The van der Waals surface area contributed by atoms with E-state index in [0.717, 1.165) is 6.42 Å². The summed E-state index contributed by atoms with van der Waals surface area (Å²) in [5.74, 6) is 0.542. The maximum Gasteiger partial charge on any atom is 0.291 e. The van der Waals surface area contributed by atoms with Gasteiger partial charge in [0.1, 0.15) is 11.5 Å². The van der Waals surface area contributed by atoms with E-state index in [1.165, 1.54) is 13.4 Å². The largest absolute Gasteiger partial charge is 0.494 e. The highest BCUT2D eigenvalue weighted by molar-refractivity contribution is 7.80. The maximum atomic E-state index is 12.5. The lowest BCUT2D eigenvalue weighted by molar-refractivity contribution is 0.0975. The predicted molar refractivity (Wildman–Crippen MR) is 130 cm³/mol. The molecule has 0 bridgehead atoms. The zero-order valence-corrected chi connectivity index (χ0v) is 19.3. The topological polar surface area (TPSA) is 102 Å². The van der Waals surface area contributed by atoms with Crippen LogP contribution in [0.1, 0.15) is 41.2 Å². The third-order valence-corrected chi connectivity index (χ3v) is 4.91. The number of furan rings is 1. The molecule has 0 aliphatic rings. The normalized spacial score (nSPS) is 11.2. The Hall–Kier alpha value is -3.85. The van der Waals surface area contributed by atoms with E-state index in [1.54, 1.807) is 54.6 Å². The van der Waals surface area contributed by atoms with E-state index >= 15 is 0 Å². The van der Waals surface area contributed by atoms with Crippen LogP contribution >= 0.6 is 12.2 Å². The first kappa shape index (κ1) is 23.8. The maximum absolute atomic E-state index is 12.5. The standard InChI is InChI=1S/C24H25N3O5S/c1-4-15(2)32-18-10-7-16(8-11-18)22(28)27-24(33)25-17-9-12-19(21(14-17)30-3)26-23(29)20-6-5-13-31-20/h5-15H,4H2,1-3H3,(H,26,29)(H2,25,27,28,33). The van der Waals surface area contributed by atoms with Crippen LogP contribution in [0.25, 0.3) is 0 Å². The Morgan fingerprint density at radius 1 is 1.06 bits per heavy atom. The molecule has 0 saturated carbocycles. The SMILES string of the molecule is CCC(C)Oc1ccc(C(=O)NC(=S)Nc2ccc(NC(=O)c3ccco3)c(OC)c2)cc1. The fourth-order valence-electron chi connectivity index (χ4n) is 2.80. The van der Waals surface area contributed by atoms with Gasteiger partial charge < -0.3 is 24.5 Å². The highest BCUT2D eigenvalue weighted by atomic mass is 32.1. The molecule has 1 unspecified atom stereocenters. The summed E-state index contributed by atoms with van der Waals surface area (Å²) < 4.78 is 16.2. The molecule has 1 heterocycles. The van der Waals surface area contributed by atoms with Gasteiger partial charge in [-0.05, 0) is 74.1 Å². The number of anilines is 2. The van der Waals surface area contributed by atoms with Gasteiger partial charge in [-0.25, -0.2) is 0 Å². The number of methoxy groups -OCH3 is 1. The van der Waals surface area contributed by atoms with Gasteiger partial charge in [0, 0.05) is 17.3 Å². The number of nitrogens with one attached hydrogen (secondary N) is 3. The summed E-state index contributed by atoms with van der Waals surface area (Å²) in [7, 11) is 1.48. The van der Waals surface area contributed by atoms with Crippen LogP contribution in [-0.2, 0) is 0 Å². The summed E-state index contributed by atoms with van der Waals surface area (Å²) in [6.45, 7) is 4.03. The predicted octanol–water partition coefficient (Wildman–Crippen LogP) is 4.84. The molecule has 1 atom stereocenters.